The largest absolute Gasteiger partial charge is 0.465 e. The lowest BCUT2D eigenvalue weighted by molar-refractivity contribution is 0.0555. The molecule has 0 fully saturated rings. The van der Waals surface area contributed by atoms with Crippen LogP contribution < -0.4 is 0 Å². The molecule has 0 aromatic heterocycles. The maximum atomic E-state index is 11.8. The quantitative estimate of drug-likeness (QED) is 0.787. The minimum absolute atomic E-state index is 0.242. The molecule has 3 rings (SSSR count). The fourth-order valence-corrected chi connectivity index (χ4v) is 2.56. The van der Waals surface area contributed by atoms with E-state index in [2.05, 4.69) is 12.1 Å². The molecule has 4 nitrogen and oxygen atoms in total. The van der Waals surface area contributed by atoms with Gasteiger partial charge < -0.3 is 9.47 Å². The smallest absolute Gasteiger partial charge is 0.338 e. The van der Waals surface area contributed by atoms with Gasteiger partial charge in [0.15, 0.2) is 0 Å². The van der Waals surface area contributed by atoms with E-state index in [0.717, 1.165) is 23.6 Å². The standard InChI is InChI=1S/C16H14O4/c1-19-15(17)13-7-11-5-9-3-4-10(9)6-12(11)8-14(13)16(18)20-2/h5-8H,3-4H2,1-2H3. The molecule has 0 saturated heterocycles. The summed E-state index contributed by atoms with van der Waals surface area (Å²) in [6.45, 7) is 0. The van der Waals surface area contributed by atoms with E-state index in [1.54, 1.807) is 12.1 Å². The third-order valence-electron chi connectivity index (χ3n) is 3.77. The van der Waals surface area contributed by atoms with Gasteiger partial charge in [0.1, 0.15) is 0 Å². The predicted octanol–water partition coefficient (Wildman–Crippen LogP) is 2.51. The van der Waals surface area contributed by atoms with Crippen molar-refractivity contribution in [3.63, 3.8) is 0 Å². The summed E-state index contributed by atoms with van der Waals surface area (Å²) >= 11 is 0. The van der Waals surface area contributed by atoms with Crippen LogP contribution in [0.2, 0.25) is 0 Å². The Bertz CT molecular complexity index is 668. The number of benzene rings is 2. The highest BCUT2D eigenvalue weighted by Crippen LogP contribution is 2.30. The van der Waals surface area contributed by atoms with Gasteiger partial charge in [-0.05, 0) is 46.9 Å². The summed E-state index contributed by atoms with van der Waals surface area (Å²) in [4.78, 5) is 23.7. The van der Waals surface area contributed by atoms with Gasteiger partial charge in [0.05, 0.1) is 25.3 Å². The zero-order valence-electron chi connectivity index (χ0n) is 11.4. The van der Waals surface area contributed by atoms with Crippen LogP contribution in [-0.4, -0.2) is 26.2 Å². The van der Waals surface area contributed by atoms with Crippen LogP contribution in [0.1, 0.15) is 31.8 Å². The summed E-state index contributed by atoms with van der Waals surface area (Å²) in [7, 11) is 2.59. The van der Waals surface area contributed by atoms with Crippen LogP contribution in [0.25, 0.3) is 10.8 Å². The average Bonchev–Trinajstić information content (AvgIpc) is 2.46. The van der Waals surface area contributed by atoms with Gasteiger partial charge >= 0.3 is 11.9 Å². The number of methoxy groups -OCH3 is 2. The van der Waals surface area contributed by atoms with Gasteiger partial charge in [-0.25, -0.2) is 9.59 Å². The van der Waals surface area contributed by atoms with Crippen LogP contribution in [0, 0.1) is 0 Å². The number of hydrogen-bond acceptors (Lipinski definition) is 4. The molecule has 2 aromatic carbocycles. The second-order valence-corrected chi connectivity index (χ2v) is 4.85. The second-order valence-electron chi connectivity index (χ2n) is 4.85. The van der Waals surface area contributed by atoms with Crippen molar-refractivity contribution in [2.75, 3.05) is 14.2 Å². The van der Waals surface area contributed by atoms with Gasteiger partial charge in [-0.1, -0.05) is 12.1 Å². The maximum absolute atomic E-state index is 11.8. The van der Waals surface area contributed by atoms with Crippen LogP contribution in [0.15, 0.2) is 24.3 Å². The van der Waals surface area contributed by atoms with Crippen LogP contribution in [-0.2, 0) is 22.3 Å². The second kappa shape index (κ2) is 4.63. The molecule has 0 aliphatic heterocycles. The number of esters is 2. The molecule has 0 unspecified atom stereocenters. The fraction of sp³-hybridized carbons (Fsp3) is 0.250. The number of rotatable bonds is 2. The molecule has 0 spiro atoms. The first kappa shape index (κ1) is 12.7. The van der Waals surface area contributed by atoms with Gasteiger partial charge in [0.2, 0.25) is 0 Å². The summed E-state index contributed by atoms with van der Waals surface area (Å²) in [5, 5.41) is 1.88. The van der Waals surface area contributed by atoms with Crippen LogP contribution in [0.3, 0.4) is 0 Å². The number of ether oxygens (including phenoxy) is 2. The van der Waals surface area contributed by atoms with Crippen molar-refractivity contribution in [3.05, 3.63) is 46.5 Å². The number of aryl methyl sites for hydroxylation is 2. The summed E-state index contributed by atoms with van der Waals surface area (Å²) in [6.07, 6.45) is 2.13. The van der Waals surface area contributed by atoms with Crippen molar-refractivity contribution in [3.8, 4) is 0 Å². The van der Waals surface area contributed by atoms with Gasteiger partial charge in [-0.2, -0.15) is 0 Å². The molecule has 0 radical (unpaired) electrons. The lowest BCUT2D eigenvalue weighted by atomic mass is 9.85. The Hall–Kier alpha value is -2.36. The Morgan fingerprint density at radius 3 is 1.50 bits per heavy atom. The van der Waals surface area contributed by atoms with Gasteiger partial charge in [0, 0.05) is 0 Å². The highest BCUT2D eigenvalue weighted by atomic mass is 16.5. The molecule has 1 aliphatic rings. The molecule has 0 saturated carbocycles. The first-order valence-electron chi connectivity index (χ1n) is 6.40. The van der Waals surface area contributed by atoms with Crippen molar-refractivity contribution < 1.29 is 19.1 Å². The number of hydrogen-bond donors (Lipinski definition) is 0. The van der Waals surface area contributed by atoms with Crippen molar-refractivity contribution >= 4 is 22.7 Å². The molecule has 0 amide bonds. The van der Waals surface area contributed by atoms with E-state index < -0.39 is 11.9 Å². The fourth-order valence-electron chi connectivity index (χ4n) is 2.56. The SMILES string of the molecule is COC(=O)c1cc2cc3c(cc2cc1C(=O)OC)CC3. The number of fused-ring (bicyclic) bond motifs is 2. The molecule has 102 valence electrons. The number of carbonyl (C=O) groups excluding carboxylic acids is 2. The Labute approximate surface area is 116 Å². The van der Waals surface area contributed by atoms with Crippen LogP contribution in [0.5, 0.6) is 0 Å². The van der Waals surface area contributed by atoms with Crippen molar-refractivity contribution in [1.82, 2.24) is 0 Å². The van der Waals surface area contributed by atoms with Crippen molar-refractivity contribution in [2.24, 2.45) is 0 Å². The Morgan fingerprint density at radius 2 is 1.20 bits per heavy atom. The molecule has 0 atom stereocenters. The normalized spacial score (nSPS) is 12.5. The highest BCUT2D eigenvalue weighted by molar-refractivity contribution is 6.07. The molecular weight excluding hydrogens is 256 g/mol. The molecule has 2 aromatic rings. The molecule has 4 heteroatoms. The molecule has 0 bridgehead atoms. The first-order chi connectivity index (χ1) is 9.63. The predicted molar refractivity (Wildman–Crippen MR) is 74.0 cm³/mol. The zero-order chi connectivity index (χ0) is 14.3. The lowest BCUT2D eigenvalue weighted by Gasteiger charge is -2.20. The molecule has 0 heterocycles. The summed E-state index contributed by atoms with van der Waals surface area (Å²) < 4.78 is 9.48. The zero-order valence-corrected chi connectivity index (χ0v) is 11.4. The minimum Gasteiger partial charge on any atom is -0.465 e. The van der Waals surface area contributed by atoms with Gasteiger partial charge in [-0.15, -0.1) is 0 Å². The van der Waals surface area contributed by atoms with E-state index in [1.165, 1.54) is 25.3 Å². The summed E-state index contributed by atoms with van der Waals surface area (Å²) in [5.41, 5.74) is 3.09. The van der Waals surface area contributed by atoms with E-state index in [0.29, 0.717) is 0 Å². The molecule has 0 N–H and O–H groups in total. The summed E-state index contributed by atoms with van der Waals surface area (Å²) in [5.74, 6) is -1.06. The minimum atomic E-state index is -0.532. The molecular formula is C16H14O4. The lowest BCUT2D eigenvalue weighted by Crippen LogP contribution is -2.13. The van der Waals surface area contributed by atoms with Crippen molar-refractivity contribution in [2.45, 2.75) is 12.8 Å². The monoisotopic (exact) mass is 270 g/mol. The summed E-state index contributed by atoms with van der Waals surface area (Å²) in [6, 6.07) is 7.54. The average molecular weight is 270 g/mol. The maximum Gasteiger partial charge on any atom is 0.338 e. The van der Waals surface area contributed by atoms with E-state index in [1.807, 2.05) is 0 Å². The van der Waals surface area contributed by atoms with E-state index in [-0.39, 0.29) is 11.1 Å². The molecule has 20 heavy (non-hydrogen) atoms. The Kier molecular flexibility index (Phi) is 2.93. The third-order valence-corrected chi connectivity index (χ3v) is 3.77. The molecule has 1 aliphatic carbocycles. The van der Waals surface area contributed by atoms with Gasteiger partial charge in [-0.3, -0.25) is 0 Å². The van der Waals surface area contributed by atoms with E-state index >= 15 is 0 Å². The van der Waals surface area contributed by atoms with E-state index in [9.17, 15) is 9.59 Å². The van der Waals surface area contributed by atoms with Gasteiger partial charge in [0.25, 0.3) is 0 Å². The van der Waals surface area contributed by atoms with Crippen molar-refractivity contribution in [1.29, 1.82) is 0 Å². The van der Waals surface area contributed by atoms with E-state index in [4.69, 9.17) is 9.47 Å². The first-order valence-corrected chi connectivity index (χ1v) is 6.40. The Balaban J connectivity index is 2.25. The van der Waals surface area contributed by atoms with Crippen LogP contribution >= 0.6 is 0 Å². The highest BCUT2D eigenvalue weighted by Gasteiger charge is 2.21. The topological polar surface area (TPSA) is 52.6 Å². The number of carbonyl (C=O) groups is 2. The Morgan fingerprint density at radius 1 is 0.800 bits per heavy atom. The van der Waals surface area contributed by atoms with Crippen LogP contribution in [0.4, 0.5) is 0 Å². The third kappa shape index (κ3) is 1.84.